The maximum absolute atomic E-state index is 13.4. The zero-order chi connectivity index (χ0) is 18.5. The molecular weight excluding hydrogens is 439 g/mol. The van der Waals surface area contributed by atoms with Crippen LogP contribution >= 0.6 is 39.1 Å². The second-order valence-corrected chi connectivity index (χ2v) is 8.45. The lowest BCUT2D eigenvalue weighted by molar-refractivity contribution is -0.122. The topological polar surface area (TPSA) is 49.4 Å². The van der Waals surface area contributed by atoms with E-state index in [0.717, 1.165) is 27.8 Å². The van der Waals surface area contributed by atoms with E-state index in [0.29, 0.717) is 22.2 Å². The van der Waals surface area contributed by atoms with Crippen LogP contribution in [0.1, 0.15) is 30.7 Å². The largest absolute Gasteiger partial charge is 0.329 e. The zero-order valence-electron chi connectivity index (χ0n) is 13.6. The zero-order valence-corrected chi connectivity index (χ0v) is 16.7. The molecule has 26 heavy (non-hydrogen) atoms. The lowest BCUT2D eigenvalue weighted by atomic mass is 9.82. The molecule has 7 heteroatoms. The number of hydrogen-bond acceptors (Lipinski definition) is 2. The fourth-order valence-electron chi connectivity index (χ4n) is 4.05. The van der Waals surface area contributed by atoms with Crippen LogP contribution in [0, 0.1) is 0 Å². The number of hydrogen-bond donors (Lipinski definition) is 1. The summed E-state index contributed by atoms with van der Waals surface area (Å²) in [5, 5.41) is 3.73. The molecule has 0 radical (unpaired) electrons. The van der Waals surface area contributed by atoms with Gasteiger partial charge in [0.05, 0.1) is 5.69 Å². The molecule has 1 saturated carbocycles. The van der Waals surface area contributed by atoms with Gasteiger partial charge in [0.1, 0.15) is 5.54 Å². The number of anilines is 1. The quantitative estimate of drug-likeness (QED) is 0.608. The highest BCUT2D eigenvalue weighted by atomic mass is 79.9. The minimum Gasteiger partial charge on any atom is -0.322 e. The first-order chi connectivity index (χ1) is 12.4. The van der Waals surface area contributed by atoms with Gasteiger partial charge in [-0.1, -0.05) is 51.3 Å². The van der Waals surface area contributed by atoms with Gasteiger partial charge in [0.25, 0.3) is 5.91 Å². The minimum atomic E-state index is -0.917. The molecule has 0 unspecified atom stereocenters. The van der Waals surface area contributed by atoms with Crippen molar-refractivity contribution in [2.24, 2.45) is 0 Å². The van der Waals surface area contributed by atoms with E-state index in [-0.39, 0.29) is 11.8 Å². The van der Waals surface area contributed by atoms with Gasteiger partial charge in [-0.3, -0.25) is 4.79 Å². The van der Waals surface area contributed by atoms with Gasteiger partial charge in [-0.2, -0.15) is 0 Å². The molecule has 1 aliphatic heterocycles. The van der Waals surface area contributed by atoms with E-state index in [1.165, 1.54) is 0 Å². The van der Waals surface area contributed by atoms with Crippen molar-refractivity contribution in [3.05, 3.63) is 62.5 Å². The van der Waals surface area contributed by atoms with Gasteiger partial charge in [0, 0.05) is 20.4 Å². The molecular formula is C19H15BrCl2N2O2. The average molecular weight is 454 g/mol. The van der Waals surface area contributed by atoms with Gasteiger partial charge in [-0.15, -0.1) is 0 Å². The van der Waals surface area contributed by atoms with E-state index < -0.39 is 11.6 Å². The summed E-state index contributed by atoms with van der Waals surface area (Å²) in [4.78, 5) is 27.2. The Kier molecular flexibility index (Phi) is 4.49. The maximum atomic E-state index is 13.4. The molecule has 0 bridgehead atoms. The molecule has 2 fully saturated rings. The number of benzene rings is 2. The summed E-state index contributed by atoms with van der Waals surface area (Å²) in [6.45, 7) is 0. The summed E-state index contributed by atoms with van der Waals surface area (Å²) >= 11 is 15.5. The highest BCUT2D eigenvalue weighted by Gasteiger charge is 2.58. The molecule has 1 aliphatic carbocycles. The standard InChI is InChI=1S/C19H15BrCl2N2O2/c20-12-5-3-11(4-6-12)16-2-1-7-19(16)17(25)24(18(26)23-19)15-9-13(21)8-14(22)10-15/h3-6,8-10,16H,1-2,7H2,(H,23,26)/t16-,19+/m0/s1. The number of nitrogens with zero attached hydrogens (tertiary/aromatic N) is 1. The third kappa shape index (κ3) is 2.82. The maximum Gasteiger partial charge on any atom is 0.329 e. The molecule has 2 aromatic rings. The lowest BCUT2D eigenvalue weighted by Crippen LogP contribution is -2.49. The Morgan fingerprint density at radius 1 is 1.08 bits per heavy atom. The lowest BCUT2D eigenvalue weighted by Gasteiger charge is -2.29. The van der Waals surface area contributed by atoms with E-state index in [4.69, 9.17) is 23.2 Å². The van der Waals surface area contributed by atoms with Crippen molar-refractivity contribution in [1.29, 1.82) is 0 Å². The van der Waals surface area contributed by atoms with Crippen molar-refractivity contribution in [2.45, 2.75) is 30.7 Å². The number of nitrogens with one attached hydrogen (secondary N) is 1. The smallest absolute Gasteiger partial charge is 0.322 e. The molecule has 1 spiro atoms. The van der Waals surface area contributed by atoms with Crippen LogP contribution < -0.4 is 10.2 Å². The first-order valence-corrected chi connectivity index (χ1v) is 9.84. The molecule has 4 nitrogen and oxygen atoms in total. The predicted molar refractivity (Wildman–Crippen MR) is 106 cm³/mol. The van der Waals surface area contributed by atoms with Crippen molar-refractivity contribution in [1.82, 2.24) is 5.32 Å². The third-order valence-corrected chi connectivity index (χ3v) is 6.12. The van der Waals surface area contributed by atoms with Gasteiger partial charge in [-0.05, 0) is 55.2 Å². The normalized spacial score (nSPS) is 25.2. The fourth-order valence-corrected chi connectivity index (χ4v) is 4.83. The van der Waals surface area contributed by atoms with E-state index >= 15 is 0 Å². The van der Waals surface area contributed by atoms with E-state index in [2.05, 4.69) is 21.2 Å². The van der Waals surface area contributed by atoms with Crippen LogP contribution in [-0.4, -0.2) is 17.5 Å². The molecule has 4 rings (SSSR count). The first-order valence-electron chi connectivity index (χ1n) is 8.29. The summed E-state index contributed by atoms with van der Waals surface area (Å²) in [5.41, 5.74) is 0.522. The number of carbonyl (C=O) groups excluding carboxylic acids is 2. The molecule has 1 N–H and O–H groups in total. The Morgan fingerprint density at radius 3 is 2.38 bits per heavy atom. The molecule has 0 aromatic heterocycles. The van der Waals surface area contributed by atoms with Crippen LogP contribution in [0.5, 0.6) is 0 Å². The molecule has 134 valence electrons. The number of amides is 3. The van der Waals surface area contributed by atoms with E-state index in [9.17, 15) is 9.59 Å². The van der Waals surface area contributed by atoms with Crippen LogP contribution in [0.3, 0.4) is 0 Å². The minimum absolute atomic E-state index is 0.0632. The van der Waals surface area contributed by atoms with Crippen LogP contribution in [0.25, 0.3) is 0 Å². The predicted octanol–water partition coefficient (Wildman–Crippen LogP) is 5.52. The van der Waals surface area contributed by atoms with Crippen LogP contribution in [0.15, 0.2) is 46.9 Å². The summed E-state index contributed by atoms with van der Waals surface area (Å²) in [6, 6.07) is 12.2. The first kappa shape index (κ1) is 17.8. The van der Waals surface area contributed by atoms with Crippen LogP contribution in [0.4, 0.5) is 10.5 Å². The van der Waals surface area contributed by atoms with Gasteiger partial charge in [0.2, 0.25) is 0 Å². The van der Waals surface area contributed by atoms with Gasteiger partial charge < -0.3 is 5.32 Å². The van der Waals surface area contributed by atoms with E-state index in [1.807, 2.05) is 24.3 Å². The average Bonchev–Trinajstić information content (AvgIpc) is 3.09. The second kappa shape index (κ2) is 6.55. The highest BCUT2D eigenvalue weighted by Crippen LogP contribution is 2.47. The monoisotopic (exact) mass is 452 g/mol. The van der Waals surface area contributed by atoms with Crippen molar-refractivity contribution >= 4 is 56.8 Å². The van der Waals surface area contributed by atoms with Crippen LogP contribution in [-0.2, 0) is 4.79 Å². The number of carbonyl (C=O) groups is 2. The Morgan fingerprint density at radius 2 is 1.73 bits per heavy atom. The van der Waals surface area contributed by atoms with Crippen molar-refractivity contribution in [2.75, 3.05) is 4.90 Å². The highest BCUT2D eigenvalue weighted by molar-refractivity contribution is 9.10. The Balaban J connectivity index is 1.74. The SMILES string of the molecule is O=C1N[C@@]2(CCC[C@H]2c2ccc(Br)cc2)C(=O)N1c1cc(Cl)cc(Cl)c1. The van der Waals surface area contributed by atoms with Crippen molar-refractivity contribution in [3.8, 4) is 0 Å². The van der Waals surface area contributed by atoms with Gasteiger partial charge in [0.15, 0.2) is 0 Å². The van der Waals surface area contributed by atoms with E-state index in [1.54, 1.807) is 18.2 Å². The third-order valence-electron chi connectivity index (χ3n) is 5.15. The second-order valence-electron chi connectivity index (χ2n) is 6.67. The molecule has 2 aromatic carbocycles. The molecule has 2 aliphatic rings. The number of imide groups is 1. The Hall–Kier alpha value is -1.56. The van der Waals surface area contributed by atoms with Crippen LogP contribution in [0.2, 0.25) is 10.0 Å². The summed E-state index contributed by atoms with van der Waals surface area (Å²) in [5.74, 6) is -0.307. The molecule has 3 amide bonds. The number of urea groups is 1. The summed E-state index contributed by atoms with van der Waals surface area (Å²) in [7, 11) is 0. The summed E-state index contributed by atoms with van der Waals surface area (Å²) < 4.78 is 0.977. The Labute approximate surface area is 169 Å². The molecule has 1 heterocycles. The molecule has 1 saturated heterocycles. The van der Waals surface area contributed by atoms with Gasteiger partial charge in [-0.25, -0.2) is 9.69 Å². The van der Waals surface area contributed by atoms with Gasteiger partial charge >= 0.3 is 6.03 Å². The number of halogens is 3. The van der Waals surface area contributed by atoms with Crippen molar-refractivity contribution in [3.63, 3.8) is 0 Å². The Bertz CT molecular complexity index is 883. The van der Waals surface area contributed by atoms with Crippen molar-refractivity contribution < 1.29 is 9.59 Å². The number of rotatable bonds is 2. The summed E-state index contributed by atoms with van der Waals surface area (Å²) in [6.07, 6.45) is 2.33. The fraction of sp³-hybridized carbons (Fsp3) is 0.263. The molecule has 2 atom stereocenters.